The number of rotatable bonds is 31. The molecule has 1 amide bonds. The molecule has 1 heterocycles. The topological polar surface area (TPSA) is 149 Å². The number of carbonyl (C=O) groups excluding carboxylic acids is 1. The largest absolute Gasteiger partial charge is 0.394 e. The summed E-state index contributed by atoms with van der Waals surface area (Å²) in [6.07, 6.45) is 31.8. The fourth-order valence-electron chi connectivity index (χ4n) is 5.87. The van der Waals surface area contributed by atoms with Crippen LogP contribution in [0.4, 0.5) is 0 Å². The minimum Gasteiger partial charge on any atom is -0.394 e. The molecule has 0 aromatic rings. The van der Waals surface area contributed by atoms with E-state index < -0.39 is 49.5 Å². The number of aliphatic hydroxyl groups excluding tert-OH is 5. The van der Waals surface area contributed by atoms with Crippen LogP contribution in [0, 0.1) is 0 Å². The Morgan fingerprint density at radius 2 is 1.18 bits per heavy atom. The molecule has 0 spiro atoms. The summed E-state index contributed by atoms with van der Waals surface area (Å²) in [5.41, 5.74) is 0. The lowest BCUT2D eigenvalue weighted by molar-refractivity contribution is -0.302. The molecule has 0 saturated carbocycles. The van der Waals surface area contributed by atoms with Gasteiger partial charge in [-0.3, -0.25) is 4.79 Å². The average molecular weight is 708 g/mol. The van der Waals surface area contributed by atoms with E-state index in [-0.39, 0.29) is 12.5 Å². The third-order valence-electron chi connectivity index (χ3n) is 9.15. The fraction of sp³-hybridized carbons (Fsp3) is 0.780. The normalized spacial score (nSPS) is 22.7. The highest BCUT2D eigenvalue weighted by molar-refractivity contribution is 5.76. The summed E-state index contributed by atoms with van der Waals surface area (Å²) in [6.45, 7) is 3.64. The van der Waals surface area contributed by atoms with Gasteiger partial charge in [0.1, 0.15) is 24.4 Å². The van der Waals surface area contributed by atoms with Crippen molar-refractivity contribution in [3.63, 3.8) is 0 Å². The zero-order valence-electron chi connectivity index (χ0n) is 31.4. The predicted molar refractivity (Wildman–Crippen MR) is 203 cm³/mol. The maximum Gasteiger partial charge on any atom is 0.220 e. The van der Waals surface area contributed by atoms with Gasteiger partial charge >= 0.3 is 0 Å². The van der Waals surface area contributed by atoms with Crippen LogP contribution in [0.2, 0.25) is 0 Å². The highest BCUT2D eigenvalue weighted by Crippen LogP contribution is 2.22. The zero-order valence-corrected chi connectivity index (χ0v) is 31.4. The Morgan fingerprint density at radius 1 is 0.680 bits per heavy atom. The van der Waals surface area contributed by atoms with Gasteiger partial charge in [0.05, 0.1) is 25.4 Å². The van der Waals surface area contributed by atoms with E-state index in [9.17, 15) is 30.3 Å². The van der Waals surface area contributed by atoms with Gasteiger partial charge in [-0.05, 0) is 57.8 Å². The van der Waals surface area contributed by atoms with Gasteiger partial charge in [0.2, 0.25) is 5.91 Å². The zero-order chi connectivity index (χ0) is 36.7. The van der Waals surface area contributed by atoms with Crippen molar-refractivity contribution in [2.75, 3.05) is 13.2 Å². The van der Waals surface area contributed by atoms with E-state index in [2.05, 4.69) is 55.6 Å². The highest BCUT2D eigenvalue weighted by Gasteiger charge is 2.44. The molecule has 9 heteroatoms. The Labute approximate surface area is 303 Å². The summed E-state index contributed by atoms with van der Waals surface area (Å²) in [5.74, 6) is -0.198. The quantitative estimate of drug-likeness (QED) is 0.0330. The van der Waals surface area contributed by atoms with Crippen molar-refractivity contribution >= 4 is 5.91 Å². The van der Waals surface area contributed by atoms with Gasteiger partial charge in [-0.2, -0.15) is 0 Å². The molecular weight excluding hydrogens is 634 g/mol. The number of amides is 1. The lowest BCUT2D eigenvalue weighted by Crippen LogP contribution is -2.60. The molecule has 50 heavy (non-hydrogen) atoms. The summed E-state index contributed by atoms with van der Waals surface area (Å²) in [5, 5.41) is 53.6. The van der Waals surface area contributed by atoms with Gasteiger partial charge in [-0.1, -0.05) is 133 Å². The summed E-state index contributed by atoms with van der Waals surface area (Å²) in [4.78, 5) is 12.8. The lowest BCUT2D eigenvalue weighted by atomic mass is 9.99. The Bertz CT molecular complexity index is 920. The van der Waals surface area contributed by atoms with E-state index in [4.69, 9.17) is 9.47 Å². The SMILES string of the molecule is CCCCCC/C=C/C(O)C(COC1OC(CO)C(O)C(O)C1O)NC(=O)CCCCCCCC/C=C\C/C=C\C/C=C\CCCCCCC. The van der Waals surface area contributed by atoms with Crippen LogP contribution in [0.5, 0.6) is 0 Å². The first-order valence-corrected chi connectivity index (χ1v) is 19.9. The van der Waals surface area contributed by atoms with Gasteiger partial charge in [-0.25, -0.2) is 0 Å². The Morgan fingerprint density at radius 3 is 1.76 bits per heavy atom. The van der Waals surface area contributed by atoms with Crippen LogP contribution in [-0.2, 0) is 14.3 Å². The molecule has 0 aliphatic carbocycles. The van der Waals surface area contributed by atoms with Crippen molar-refractivity contribution in [3.05, 3.63) is 48.6 Å². The predicted octanol–water partition coefficient (Wildman–Crippen LogP) is 7.11. The monoisotopic (exact) mass is 708 g/mol. The molecule has 1 fully saturated rings. The van der Waals surface area contributed by atoms with Crippen molar-refractivity contribution in [2.45, 2.75) is 192 Å². The first-order chi connectivity index (χ1) is 24.3. The van der Waals surface area contributed by atoms with E-state index in [0.29, 0.717) is 6.42 Å². The lowest BCUT2D eigenvalue weighted by Gasteiger charge is -2.40. The Balaban J connectivity index is 2.30. The first kappa shape index (κ1) is 46.2. The van der Waals surface area contributed by atoms with Gasteiger partial charge in [0.25, 0.3) is 0 Å². The number of nitrogens with one attached hydrogen (secondary N) is 1. The average Bonchev–Trinajstić information content (AvgIpc) is 3.11. The minimum atomic E-state index is -1.57. The van der Waals surface area contributed by atoms with Crippen molar-refractivity contribution in [1.82, 2.24) is 5.32 Å². The van der Waals surface area contributed by atoms with Crippen LogP contribution in [0.15, 0.2) is 48.6 Å². The van der Waals surface area contributed by atoms with Gasteiger partial charge < -0.3 is 40.3 Å². The van der Waals surface area contributed by atoms with Crippen LogP contribution in [0.3, 0.4) is 0 Å². The van der Waals surface area contributed by atoms with E-state index in [1.165, 1.54) is 51.4 Å². The van der Waals surface area contributed by atoms with Crippen molar-refractivity contribution in [3.8, 4) is 0 Å². The van der Waals surface area contributed by atoms with Crippen LogP contribution in [0.1, 0.15) is 149 Å². The molecule has 1 aliphatic heterocycles. The van der Waals surface area contributed by atoms with E-state index in [1.54, 1.807) is 6.08 Å². The van der Waals surface area contributed by atoms with E-state index >= 15 is 0 Å². The molecule has 0 aromatic carbocycles. The molecule has 0 radical (unpaired) electrons. The number of hydrogen-bond acceptors (Lipinski definition) is 8. The molecule has 0 aromatic heterocycles. The molecular formula is C41H73NO8. The number of aliphatic hydroxyl groups is 5. The van der Waals surface area contributed by atoms with Crippen LogP contribution in [0.25, 0.3) is 0 Å². The highest BCUT2D eigenvalue weighted by atomic mass is 16.7. The summed E-state index contributed by atoms with van der Waals surface area (Å²) in [7, 11) is 0. The second-order valence-electron chi connectivity index (χ2n) is 13.7. The molecule has 6 N–H and O–H groups in total. The molecule has 9 nitrogen and oxygen atoms in total. The number of hydrogen-bond donors (Lipinski definition) is 6. The van der Waals surface area contributed by atoms with Crippen LogP contribution >= 0.6 is 0 Å². The van der Waals surface area contributed by atoms with Crippen molar-refractivity contribution < 1.29 is 39.8 Å². The summed E-state index contributed by atoms with van der Waals surface area (Å²) >= 11 is 0. The summed E-state index contributed by atoms with van der Waals surface area (Å²) < 4.78 is 11.1. The molecule has 7 atom stereocenters. The molecule has 1 rings (SSSR count). The molecule has 290 valence electrons. The van der Waals surface area contributed by atoms with E-state index in [0.717, 1.165) is 77.0 Å². The standard InChI is InChI=1S/C41H73NO8/c1-3-5-7-9-11-12-13-14-15-16-17-18-19-20-21-22-23-24-25-27-29-31-37(45)42-34(35(44)30-28-26-10-8-6-4-2)33-49-41-40(48)39(47)38(46)36(32-43)50-41/h13-14,16-17,19-20,28,30,34-36,38-41,43-44,46-48H,3-12,15,18,21-27,29,31-33H2,1-2H3,(H,42,45)/b14-13-,17-16-,20-19-,30-28+. The molecule has 0 bridgehead atoms. The van der Waals surface area contributed by atoms with Crippen LogP contribution in [-0.4, -0.2) is 87.5 Å². The maximum atomic E-state index is 12.8. The van der Waals surface area contributed by atoms with Gasteiger partial charge in [0, 0.05) is 6.42 Å². The Hall–Kier alpha value is -1.85. The molecule has 1 saturated heterocycles. The van der Waals surface area contributed by atoms with Crippen LogP contribution < -0.4 is 5.32 Å². The van der Waals surface area contributed by atoms with Gasteiger partial charge in [-0.15, -0.1) is 0 Å². The second-order valence-corrected chi connectivity index (χ2v) is 13.7. The van der Waals surface area contributed by atoms with E-state index in [1.807, 2.05) is 6.08 Å². The third-order valence-corrected chi connectivity index (χ3v) is 9.15. The third kappa shape index (κ3) is 22.9. The number of ether oxygens (including phenoxy) is 2. The maximum absolute atomic E-state index is 12.8. The second kappa shape index (κ2) is 31.9. The number of carbonyl (C=O) groups is 1. The summed E-state index contributed by atoms with van der Waals surface area (Å²) in [6, 6.07) is -0.808. The number of allylic oxidation sites excluding steroid dienone is 7. The minimum absolute atomic E-state index is 0.197. The fourth-order valence-corrected chi connectivity index (χ4v) is 5.87. The number of unbranched alkanes of at least 4 members (excludes halogenated alkanes) is 15. The molecule has 1 aliphatic rings. The molecule has 7 unspecified atom stereocenters. The Kier molecular flexibility index (Phi) is 29.4. The smallest absolute Gasteiger partial charge is 0.220 e. The van der Waals surface area contributed by atoms with Crippen molar-refractivity contribution in [1.29, 1.82) is 0 Å². The first-order valence-electron chi connectivity index (χ1n) is 19.9. The van der Waals surface area contributed by atoms with Gasteiger partial charge in [0.15, 0.2) is 6.29 Å². The van der Waals surface area contributed by atoms with Crippen molar-refractivity contribution in [2.24, 2.45) is 0 Å².